The Labute approximate surface area is 87.6 Å². The molecule has 0 saturated heterocycles. The number of hydrogen-bond donors (Lipinski definition) is 3. The van der Waals surface area contributed by atoms with Crippen LogP contribution >= 0.6 is 0 Å². The zero-order valence-corrected chi connectivity index (χ0v) is 8.05. The van der Waals surface area contributed by atoms with Gasteiger partial charge < -0.3 is 0 Å². The van der Waals surface area contributed by atoms with Crippen LogP contribution in [-0.2, 0) is 0 Å². The molecule has 0 aliphatic rings. The van der Waals surface area contributed by atoms with E-state index in [0.717, 1.165) is 5.56 Å². The summed E-state index contributed by atoms with van der Waals surface area (Å²) in [6.07, 6.45) is 5.04. The van der Waals surface area contributed by atoms with Gasteiger partial charge in [0.2, 0.25) is 0 Å². The van der Waals surface area contributed by atoms with E-state index in [0.29, 0.717) is 0 Å². The van der Waals surface area contributed by atoms with Crippen molar-refractivity contribution in [3.8, 4) is 0 Å². The third kappa shape index (κ3) is 4.58. The molecule has 0 bridgehead atoms. The third-order valence-electron chi connectivity index (χ3n) is 1.55. The van der Waals surface area contributed by atoms with E-state index in [-0.39, 0.29) is 0 Å². The molecule has 1 aromatic carbocycles. The first kappa shape index (κ1) is 10.9. The van der Waals surface area contributed by atoms with Gasteiger partial charge in [0.25, 0.3) is 0 Å². The predicted octanol–water partition coefficient (Wildman–Crippen LogP) is 0.858. The highest BCUT2D eigenvalue weighted by Crippen LogP contribution is 1.99. The van der Waals surface area contributed by atoms with Gasteiger partial charge in [-0.3, -0.25) is 5.43 Å². The Morgan fingerprint density at radius 3 is 2.73 bits per heavy atom. The highest BCUT2D eigenvalue weighted by molar-refractivity contribution is 5.80. The normalized spacial score (nSPS) is 10.7. The van der Waals surface area contributed by atoms with Gasteiger partial charge in [0, 0.05) is 6.21 Å². The molecular formula is C10H12N4O. The van der Waals surface area contributed by atoms with Crippen LogP contribution in [-0.4, -0.2) is 12.2 Å². The van der Waals surface area contributed by atoms with Gasteiger partial charge in [-0.25, -0.2) is 16.1 Å². The number of nitrogens with zero attached hydrogens (tertiary/aromatic N) is 1. The van der Waals surface area contributed by atoms with Crippen molar-refractivity contribution in [2.24, 2.45) is 10.9 Å². The minimum Gasteiger partial charge on any atom is -0.274 e. The molecule has 0 aliphatic carbocycles. The first-order valence-electron chi connectivity index (χ1n) is 4.34. The highest BCUT2D eigenvalue weighted by atomic mass is 16.2. The topological polar surface area (TPSA) is 79.5 Å². The number of amides is 2. The Morgan fingerprint density at radius 1 is 1.33 bits per heavy atom. The van der Waals surface area contributed by atoms with Gasteiger partial charge in [-0.05, 0) is 11.6 Å². The molecular weight excluding hydrogens is 192 g/mol. The molecule has 0 atom stereocenters. The van der Waals surface area contributed by atoms with Crippen molar-refractivity contribution in [3.05, 3.63) is 42.0 Å². The number of carbonyl (C=O) groups is 1. The molecule has 0 fully saturated rings. The van der Waals surface area contributed by atoms with E-state index in [9.17, 15) is 4.79 Å². The molecule has 0 saturated carbocycles. The summed E-state index contributed by atoms with van der Waals surface area (Å²) in [6, 6.07) is 9.20. The lowest BCUT2D eigenvalue weighted by Crippen LogP contribution is -2.37. The Hall–Kier alpha value is -2.14. The maximum absolute atomic E-state index is 10.6. The molecule has 78 valence electrons. The van der Waals surface area contributed by atoms with E-state index in [2.05, 4.69) is 10.5 Å². The number of allylic oxidation sites excluding steroid dienone is 1. The van der Waals surface area contributed by atoms with Crippen LogP contribution in [0.15, 0.2) is 41.5 Å². The van der Waals surface area contributed by atoms with Crippen LogP contribution in [0.4, 0.5) is 4.79 Å². The zero-order chi connectivity index (χ0) is 10.9. The molecule has 1 rings (SSSR count). The number of carbonyl (C=O) groups excluding carboxylic acids is 1. The van der Waals surface area contributed by atoms with Crippen LogP contribution < -0.4 is 16.7 Å². The van der Waals surface area contributed by atoms with Gasteiger partial charge in [-0.15, -0.1) is 0 Å². The summed E-state index contributed by atoms with van der Waals surface area (Å²) in [5.74, 6) is 4.82. The van der Waals surface area contributed by atoms with E-state index < -0.39 is 6.03 Å². The second kappa shape index (κ2) is 6.33. The average Bonchev–Trinajstić information content (AvgIpc) is 2.29. The second-order valence-electron chi connectivity index (χ2n) is 2.63. The van der Waals surface area contributed by atoms with Crippen molar-refractivity contribution in [3.63, 3.8) is 0 Å². The number of benzene rings is 1. The summed E-state index contributed by atoms with van der Waals surface area (Å²) in [7, 11) is 0. The third-order valence-corrected chi connectivity index (χ3v) is 1.55. The number of rotatable bonds is 3. The van der Waals surface area contributed by atoms with Gasteiger partial charge in [-0.1, -0.05) is 36.4 Å². The maximum atomic E-state index is 10.6. The SMILES string of the molecule is NNC(=O)NN=CC=Cc1ccccc1. The fourth-order valence-electron chi connectivity index (χ4n) is 0.889. The summed E-state index contributed by atoms with van der Waals surface area (Å²) in [6.45, 7) is 0. The van der Waals surface area contributed by atoms with Crippen molar-refractivity contribution in [1.29, 1.82) is 0 Å². The van der Waals surface area contributed by atoms with E-state index in [1.54, 1.807) is 6.08 Å². The van der Waals surface area contributed by atoms with E-state index >= 15 is 0 Å². The van der Waals surface area contributed by atoms with Crippen molar-refractivity contribution in [2.75, 3.05) is 0 Å². The monoisotopic (exact) mass is 204 g/mol. The lowest BCUT2D eigenvalue weighted by Gasteiger charge is -1.93. The number of hydrogen-bond acceptors (Lipinski definition) is 3. The first-order chi connectivity index (χ1) is 7.33. The molecule has 0 aliphatic heterocycles. The van der Waals surface area contributed by atoms with Crippen LogP contribution in [0.25, 0.3) is 6.08 Å². The molecule has 1 aromatic rings. The van der Waals surface area contributed by atoms with Crippen LogP contribution in [0.3, 0.4) is 0 Å². The Morgan fingerprint density at radius 2 is 2.07 bits per heavy atom. The van der Waals surface area contributed by atoms with Crippen LogP contribution in [0.5, 0.6) is 0 Å². The lowest BCUT2D eigenvalue weighted by atomic mass is 10.2. The minimum atomic E-state index is -0.556. The van der Waals surface area contributed by atoms with Gasteiger partial charge >= 0.3 is 6.03 Å². The molecule has 5 heteroatoms. The summed E-state index contributed by atoms with van der Waals surface area (Å²) in [4.78, 5) is 10.6. The number of hydrazine groups is 1. The molecule has 0 spiro atoms. The quantitative estimate of drug-likeness (QED) is 0.295. The smallest absolute Gasteiger partial charge is 0.274 e. The standard InChI is InChI=1S/C10H12N4O/c11-13-10(15)14-12-8-4-7-9-5-2-1-3-6-9/h1-8H,11H2,(H2,13,14,15). The molecule has 2 amide bonds. The fourth-order valence-corrected chi connectivity index (χ4v) is 0.889. The zero-order valence-electron chi connectivity index (χ0n) is 8.05. The number of urea groups is 1. The Bertz CT molecular complexity index is 359. The number of nitrogens with two attached hydrogens (primary N) is 1. The van der Waals surface area contributed by atoms with Crippen molar-refractivity contribution in [2.45, 2.75) is 0 Å². The molecule has 5 nitrogen and oxygen atoms in total. The molecule has 4 N–H and O–H groups in total. The summed E-state index contributed by atoms with van der Waals surface area (Å²) in [5.41, 5.74) is 5.11. The summed E-state index contributed by atoms with van der Waals surface area (Å²) in [5, 5.41) is 3.60. The fraction of sp³-hybridized carbons (Fsp3) is 0. The minimum absolute atomic E-state index is 0.556. The largest absolute Gasteiger partial charge is 0.349 e. The molecule has 0 heterocycles. The predicted molar refractivity (Wildman–Crippen MR) is 59.8 cm³/mol. The highest BCUT2D eigenvalue weighted by Gasteiger charge is 1.87. The lowest BCUT2D eigenvalue weighted by molar-refractivity contribution is 0.241. The van der Waals surface area contributed by atoms with E-state index in [4.69, 9.17) is 5.84 Å². The maximum Gasteiger partial charge on any atom is 0.349 e. The van der Waals surface area contributed by atoms with Crippen molar-refractivity contribution in [1.82, 2.24) is 10.9 Å². The van der Waals surface area contributed by atoms with Gasteiger partial charge in [0.1, 0.15) is 0 Å². The number of hydrazone groups is 1. The second-order valence-corrected chi connectivity index (χ2v) is 2.63. The number of nitrogens with one attached hydrogen (secondary N) is 2. The van der Waals surface area contributed by atoms with Crippen molar-refractivity contribution < 1.29 is 4.79 Å². The van der Waals surface area contributed by atoms with Crippen LogP contribution in [0.1, 0.15) is 5.56 Å². The molecule has 0 aromatic heterocycles. The Kier molecular flexibility index (Phi) is 4.62. The summed E-state index contributed by atoms with van der Waals surface area (Å²) >= 11 is 0. The first-order valence-corrected chi connectivity index (χ1v) is 4.34. The van der Waals surface area contributed by atoms with E-state index in [1.807, 2.05) is 41.8 Å². The van der Waals surface area contributed by atoms with Gasteiger partial charge in [0.05, 0.1) is 0 Å². The van der Waals surface area contributed by atoms with Crippen LogP contribution in [0, 0.1) is 0 Å². The summed E-state index contributed by atoms with van der Waals surface area (Å²) < 4.78 is 0. The average molecular weight is 204 g/mol. The van der Waals surface area contributed by atoms with Gasteiger partial charge in [0.15, 0.2) is 0 Å². The van der Waals surface area contributed by atoms with E-state index in [1.165, 1.54) is 6.21 Å². The van der Waals surface area contributed by atoms with Crippen molar-refractivity contribution >= 4 is 18.3 Å². The Balaban J connectivity index is 2.37. The molecule has 0 unspecified atom stereocenters. The van der Waals surface area contributed by atoms with Crippen LogP contribution in [0.2, 0.25) is 0 Å². The molecule has 0 radical (unpaired) electrons. The van der Waals surface area contributed by atoms with Gasteiger partial charge in [-0.2, -0.15) is 5.10 Å². The molecule has 15 heavy (non-hydrogen) atoms.